The first-order valence-corrected chi connectivity index (χ1v) is 27.4. The number of hydrogen-bond donors (Lipinski definition) is 6. The molecule has 8 N–H and O–H groups in total. The third-order valence-electron chi connectivity index (χ3n) is 16.3. The maximum absolute atomic E-state index is 14.7. The summed E-state index contributed by atoms with van der Waals surface area (Å²) in [6.07, 6.45) is 25.0. The van der Waals surface area contributed by atoms with Crippen molar-refractivity contribution in [2.75, 3.05) is 25.4 Å². The van der Waals surface area contributed by atoms with Crippen molar-refractivity contribution in [2.45, 2.75) is 165 Å². The van der Waals surface area contributed by atoms with Crippen LogP contribution in [0.15, 0.2) is 40.7 Å². The zero-order chi connectivity index (χ0) is 45.9. The highest BCUT2D eigenvalue weighted by Gasteiger charge is 2.59. The number of hydrogen-bond acceptors (Lipinski definition) is 13. The van der Waals surface area contributed by atoms with Crippen molar-refractivity contribution in [1.29, 1.82) is 0 Å². The van der Waals surface area contributed by atoms with Gasteiger partial charge in [-0.05, 0) is 119 Å². The number of phenolic OH excluding ortho intramolecular Hbond substituents is 1. The fourth-order valence-electron chi connectivity index (χ4n) is 12.9. The maximum atomic E-state index is 14.7. The Bertz CT molecular complexity index is 2190. The number of aliphatic hydroxyl groups excluding tert-OH is 1. The van der Waals surface area contributed by atoms with Crippen molar-refractivity contribution in [3.05, 3.63) is 52.4 Å². The molecule has 1 saturated heterocycles. The Morgan fingerprint density at radius 2 is 1.95 bits per heavy atom. The third-order valence-corrected chi connectivity index (χ3v) is 19.6. The minimum absolute atomic E-state index is 0.00257. The highest BCUT2D eigenvalue weighted by atomic mass is 33.1. The fraction of sp³-hybridized carbons (Fsp3) is 0.673. The number of ether oxygens (including phenoxy) is 2. The third kappa shape index (κ3) is 10.2. The molecule has 1 aromatic rings. The first-order chi connectivity index (χ1) is 31.9. The van der Waals surface area contributed by atoms with Crippen LogP contribution >= 0.6 is 21.6 Å². The Morgan fingerprint density at radius 3 is 2.82 bits per heavy atom. The van der Waals surface area contributed by atoms with Gasteiger partial charge in [-0.25, -0.2) is 0 Å². The van der Waals surface area contributed by atoms with Gasteiger partial charge in [0.1, 0.15) is 17.1 Å². The number of nitrogens with zero attached hydrogens (tertiary/aromatic N) is 2. The molecule has 5 heterocycles. The molecule has 1 aromatic carbocycles. The average Bonchev–Trinajstić information content (AvgIpc) is 4.03. The number of guanidine groups is 1. The maximum Gasteiger partial charge on any atom is 0.302 e. The molecule has 3 saturated carbocycles. The zero-order valence-electron chi connectivity index (χ0n) is 38.9. The van der Waals surface area contributed by atoms with E-state index in [-0.39, 0.29) is 58.8 Å². The van der Waals surface area contributed by atoms with Gasteiger partial charge >= 0.3 is 5.97 Å². The summed E-state index contributed by atoms with van der Waals surface area (Å²) >= 11 is 0. The molecule has 5 aliphatic heterocycles. The molecule has 0 radical (unpaired) electrons. The zero-order valence-corrected chi connectivity index (χ0v) is 40.6. The first kappa shape index (κ1) is 47.1. The predicted molar refractivity (Wildman–Crippen MR) is 264 cm³/mol. The summed E-state index contributed by atoms with van der Waals surface area (Å²) in [4.78, 5) is 33.9. The number of esters is 1. The number of fused-ring (bicyclic) bond motifs is 12. The molecule has 66 heavy (non-hydrogen) atoms. The number of aryl methyl sites for hydroxylation is 1. The number of phenols is 1. The Morgan fingerprint density at radius 1 is 1.08 bits per heavy atom. The van der Waals surface area contributed by atoms with Gasteiger partial charge < -0.3 is 46.7 Å². The number of carbonyl (C=O) groups is 2. The number of nitrogens with one attached hydrogen (secondary N) is 2. The second kappa shape index (κ2) is 20.3. The van der Waals surface area contributed by atoms with E-state index in [1.807, 2.05) is 38.6 Å². The monoisotopic (exact) mass is 940 g/mol. The molecule has 2 spiro atoms. The number of allylic oxidation sites excluding steroid dienone is 2. The number of rotatable bonds is 3. The predicted octanol–water partition coefficient (Wildman–Crippen LogP) is 7.96. The van der Waals surface area contributed by atoms with Gasteiger partial charge in [0, 0.05) is 85.4 Å². The van der Waals surface area contributed by atoms with Gasteiger partial charge in [-0.1, -0.05) is 65.0 Å². The molecular formula is C52H72N6O6S2. The number of aliphatic hydroxyl groups is 1. The van der Waals surface area contributed by atoms with Crippen LogP contribution in [0.4, 0.5) is 0 Å². The summed E-state index contributed by atoms with van der Waals surface area (Å²) in [7, 11) is 3.94. The molecule has 9 rings (SSSR count). The number of aromatic hydroxyl groups is 1. The summed E-state index contributed by atoms with van der Waals surface area (Å²) < 4.78 is 12.6. The van der Waals surface area contributed by atoms with Gasteiger partial charge in [-0.2, -0.15) is 0 Å². The SMILES string of the molecule is CC(=O)OC1CCc2cc(c(O)c3c2C=CC2CCCC2O3)CN2CC(CC3=CCNC(N)=C3)(CC2=O)C2C#CCC3CCC4(CCCC4(NC(N)=NC2)SSCCCCCCC(O)C1)C3. The number of benzene rings is 1. The van der Waals surface area contributed by atoms with Gasteiger partial charge in [-0.3, -0.25) is 14.6 Å². The van der Waals surface area contributed by atoms with E-state index in [0.717, 1.165) is 106 Å². The van der Waals surface area contributed by atoms with Crippen LogP contribution in [-0.2, 0) is 27.3 Å². The second-order valence-corrected chi connectivity index (χ2v) is 23.6. The van der Waals surface area contributed by atoms with Crippen LogP contribution in [0.1, 0.15) is 146 Å². The summed E-state index contributed by atoms with van der Waals surface area (Å²) in [6.45, 7) is 3.00. The second-order valence-electron chi connectivity index (χ2n) is 20.9. The van der Waals surface area contributed by atoms with E-state index in [9.17, 15) is 19.8 Å². The lowest BCUT2D eigenvalue weighted by atomic mass is 9.70. The minimum Gasteiger partial charge on any atom is -0.504 e. The standard InChI is InChI=1S/C52H72N6O6S2/c1-34(59)63-42-16-14-38-26-39(47(62)48-43(38)17-15-37-10-7-13-44(37)64-48)32-58-33-50(30-46(58)61,28-36-19-23-55-45(53)25-36)40-11-6-9-35-18-22-51(29-35)20-8-21-52(51,57-49(54)56-31-40)66-65-24-5-3-2-4-12-41(60)27-42/h15,17,19,25-26,35,37,40-42,44,55,60,62H,2-5,7-10,12-14,16,18,20-24,27-33,53H2,1H3,(H3,54,56,57). The minimum atomic E-state index is -0.615. The van der Waals surface area contributed by atoms with E-state index in [2.05, 4.69) is 40.7 Å². The number of dihydropyridines is 1. The summed E-state index contributed by atoms with van der Waals surface area (Å²) in [5.74, 6) is 10.2. The van der Waals surface area contributed by atoms with Crippen LogP contribution in [0, 0.1) is 40.4 Å². The van der Waals surface area contributed by atoms with Crippen LogP contribution in [0.25, 0.3) is 6.08 Å². The number of carbonyl (C=O) groups excluding carboxylic acids is 2. The first-order valence-electron chi connectivity index (χ1n) is 25.0. The van der Waals surface area contributed by atoms with Crippen molar-refractivity contribution in [2.24, 2.45) is 45.0 Å². The number of amides is 1. The van der Waals surface area contributed by atoms with Crippen molar-refractivity contribution in [3.8, 4) is 23.3 Å². The molecule has 1 amide bonds. The van der Waals surface area contributed by atoms with Gasteiger partial charge in [0.25, 0.3) is 0 Å². The van der Waals surface area contributed by atoms with Crippen molar-refractivity contribution in [1.82, 2.24) is 15.5 Å². The van der Waals surface area contributed by atoms with E-state index in [1.165, 1.54) is 13.3 Å². The van der Waals surface area contributed by atoms with Crippen molar-refractivity contribution >= 4 is 45.5 Å². The van der Waals surface area contributed by atoms with E-state index in [1.54, 1.807) is 0 Å². The number of aliphatic imine (C=N–C) groups is 1. The molecule has 12 nitrogen and oxygen atoms in total. The van der Waals surface area contributed by atoms with Crippen molar-refractivity contribution in [3.63, 3.8) is 0 Å². The van der Waals surface area contributed by atoms with Crippen LogP contribution < -0.4 is 26.8 Å². The molecular weight excluding hydrogens is 869 g/mol. The summed E-state index contributed by atoms with van der Waals surface area (Å²) in [5.41, 5.74) is 16.3. The van der Waals surface area contributed by atoms with Crippen LogP contribution in [0.5, 0.6) is 11.5 Å². The van der Waals surface area contributed by atoms with Gasteiger partial charge in [0.15, 0.2) is 17.5 Å². The quantitative estimate of drug-likeness (QED) is 0.0978. The largest absolute Gasteiger partial charge is 0.504 e. The Balaban J connectivity index is 1.09. The highest BCUT2D eigenvalue weighted by Crippen LogP contribution is 2.64. The number of nitrogens with two attached hydrogens (primary N) is 2. The van der Waals surface area contributed by atoms with E-state index >= 15 is 0 Å². The molecule has 0 aromatic heterocycles. The molecule has 9 atom stereocenters. The summed E-state index contributed by atoms with van der Waals surface area (Å²) in [6, 6.07) is 2.02. The van der Waals surface area contributed by atoms with Gasteiger partial charge in [0.2, 0.25) is 5.91 Å². The summed E-state index contributed by atoms with van der Waals surface area (Å²) in [5, 5.41) is 30.6. The van der Waals surface area contributed by atoms with E-state index in [0.29, 0.717) is 80.7 Å². The van der Waals surface area contributed by atoms with Crippen LogP contribution in [0.3, 0.4) is 0 Å². The van der Waals surface area contributed by atoms with E-state index < -0.39 is 17.6 Å². The highest BCUT2D eigenvalue weighted by molar-refractivity contribution is 8.77. The van der Waals surface area contributed by atoms with Crippen molar-refractivity contribution < 1.29 is 29.3 Å². The normalized spacial score (nSPS) is 35.2. The molecule has 14 heteroatoms. The van der Waals surface area contributed by atoms with E-state index in [4.69, 9.17) is 25.9 Å². The smallest absolute Gasteiger partial charge is 0.302 e. The molecule has 8 aliphatic rings. The van der Waals surface area contributed by atoms with Crippen LogP contribution in [0.2, 0.25) is 0 Å². The molecule has 358 valence electrons. The van der Waals surface area contributed by atoms with Gasteiger partial charge in [-0.15, -0.1) is 5.92 Å². The van der Waals surface area contributed by atoms with Crippen LogP contribution in [-0.4, -0.2) is 81.5 Å². The Kier molecular flexibility index (Phi) is 14.5. The molecule has 3 aliphatic carbocycles. The average molecular weight is 941 g/mol. The Labute approximate surface area is 399 Å². The molecule has 4 fully saturated rings. The lowest BCUT2D eigenvalue weighted by Gasteiger charge is -2.44. The van der Waals surface area contributed by atoms with Gasteiger partial charge in [0.05, 0.1) is 18.5 Å². The lowest BCUT2D eigenvalue weighted by molar-refractivity contribution is -0.148. The topological polar surface area (TPSA) is 185 Å². The molecule has 8 bridgehead atoms. The Hall–Kier alpha value is -3.93. The lowest BCUT2D eigenvalue weighted by Crippen LogP contribution is -2.56. The molecule has 9 unspecified atom stereocenters. The fourth-order valence-corrected chi connectivity index (χ4v) is 16.4.